The number of hydrogen-bond acceptors (Lipinski definition) is 5. The first-order valence-electron chi connectivity index (χ1n) is 10.3. The Balaban J connectivity index is 1.61. The molecule has 160 valence electrons. The lowest BCUT2D eigenvalue weighted by Gasteiger charge is -2.17. The van der Waals surface area contributed by atoms with Crippen molar-refractivity contribution < 1.29 is 4.39 Å². The van der Waals surface area contributed by atoms with Crippen LogP contribution in [0.1, 0.15) is 24.0 Å². The molecule has 0 unspecified atom stereocenters. The normalized spacial score (nSPS) is 12.4. The fraction of sp³-hybridized carbons (Fsp3) is 0.160. The van der Waals surface area contributed by atoms with Gasteiger partial charge in [0.05, 0.1) is 5.52 Å². The van der Waals surface area contributed by atoms with E-state index < -0.39 is 0 Å². The van der Waals surface area contributed by atoms with Gasteiger partial charge in [-0.05, 0) is 35.2 Å². The van der Waals surface area contributed by atoms with Crippen LogP contribution in [0.5, 0.6) is 0 Å². The molecule has 0 aliphatic rings. The Morgan fingerprint density at radius 2 is 1.84 bits per heavy atom. The first kappa shape index (κ1) is 20.8. The lowest BCUT2D eigenvalue weighted by atomic mass is 10.0. The molecule has 2 aromatic carbocycles. The number of halogens is 1. The van der Waals surface area contributed by atoms with Crippen LogP contribution in [0.15, 0.2) is 82.9 Å². The molecule has 32 heavy (non-hydrogen) atoms. The Bertz CT molecular complexity index is 1460. The number of rotatable bonds is 6. The lowest BCUT2D eigenvalue weighted by molar-refractivity contribution is 0.532. The molecule has 7 heteroatoms. The van der Waals surface area contributed by atoms with Crippen LogP contribution in [0.3, 0.4) is 0 Å². The van der Waals surface area contributed by atoms with Gasteiger partial charge in [0.25, 0.3) is 5.56 Å². The highest BCUT2D eigenvalue weighted by atomic mass is 32.2. The summed E-state index contributed by atoms with van der Waals surface area (Å²) in [6.45, 7) is 2.59. The summed E-state index contributed by atoms with van der Waals surface area (Å²) in [5.41, 5.74) is 2.34. The molecule has 3 aromatic heterocycles. The maximum absolute atomic E-state index is 14.2. The third-order valence-electron chi connectivity index (χ3n) is 5.46. The fourth-order valence-corrected chi connectivity index (χ4v) is 5.75. The number of aromatic nitrogens is 3. The molecular formula is C25H20FN3OS2. The second kappa shape index (κ2) is 8.84. The summed E-state index contributed by atoms with van der Waals surface area (Å²) < 4.78 is 16.5. The number of benzene rings is 2. The van der Waals surface area contributed by atoms with E-state index in [-0.39, 0.29) is 17.3 Å². The Kier molecular flexibility index (Phi) is 5.76. The quantitative estimate of drug-likeness (QED) is 0.222. The first-order chi connectivity index (χ1) is 15.6. The van der Waals surface area contributed by atoms with Gasteiger partial charge in [0.1, 0.15) is 15.3 Å². The highest BCUT2D eigenvalue weighted by Gasteiger charge is 2.19. The Labute approximate surface area is 192 Å². The van der Waals surface area contributed by atoms with Crippen molar-refractivity contribution >= 4 is 43.5 Å². The fourth-order valence-electron chi connectivity index (χ4n) is 3.73. The van der Waals surface area contributed by atoms with E-state index in [2.05, 4.69) is 24.0 Å². The monoisotopic (exact) mass is 461 g/mol. The summed E-state index contributed by atoms with van der Waals surface area (Å²) in [5.74, 6) is 0.260. The minimum Gasteiger partial charge on any atom is -0.286 e. The van der Waals surface area contributed by atoms with E-state index in [0.29, 0.717) is 33.2 Å². The minimum atomic E-state index is -0.252. The van der Waals surface area contributed by atoms with Crippen molar-refractivity contribution in [3.05, 3.63) is 100 Å². The van der Waals surface area contributed by atoms with Crippen LogP contribution in [-0.2, 0) is 12.3 Å². The number of thioether (sulfide) groups is 1. The van der Waals surface area contributed by atoms with E-state index in [4.69, 9.17) is 4.98 Å². The first-order valence-corrected chi connectivity index (χ1v) is 12.1. The summed E-state index contributed by atoms with van der Waals surface area (Å²) in [6.07, 6.45) is 1.72. The maximum Gasteiger partial charge on any atom is 0.272 e. The second-order valence-corrected chi connectivity index (χ2v) is 9.58. The van der Waals surface area contributed by atoms with Crippen molar-refractivity contribution in [2.24, 2.45) is 0 Å². The van der Waals surface area contributed by atoms with Crippen LogP contribution in [0, 0.1) is 5.82 Å². The molecule has 0 spiro atoms. The predicted octanol–water partition coefficient (Wildman–Crippen LogP) is 6.24. The number of pyridine rings is 1. The number of hydrogen-bond donors (Lipinski definition) is 0. The summed E-state index contributed by atoms with van der Waals surface area (Å²) >= 11 is 2.76. The van der Waals surface area contributed by atoms with Crippen LogP contribution in [0.2, 0.25) is 0 Å². The zero-order valence-electron chi connectivity index (χ0n) is 17.4. The van der Waals surface area contributed by atoms with Crippen molar-refractivity contribution in [3.63, 3.8) is 0 Å². The number of fused-ring (bicyclic) bond motifs is 3. The van der Waals surface area contributed by atoms with Gasteiger partial charge in [-0.25, -0.2) is 14.4 Å². The molecule has 5 aromatic rings. The van der Waals surface area contributed by atoms with Crippen LogP contribution in [0.4, 0.5) is 4.39 Å². The third-order valence-corrected chi connectivity index (χ3v) is 7.57. The van der Waals surface area contributed by atoms with Crippen LogP contribution in [0.25, 0.3) is 20.4 Å². The highest BCUT2D eigenvalue weighted by molar-refractivity contribution is 7.98. The third kappa shape index (κ3) is 3.94. The topological polar surface area (TPSA) is 47.8 Å². The van der Waals surface area contributed by atoms with Crippen molar-refractivity contribution in [1.29, 1.82) is 0 Å². The van der Waals surface area contributed by atoms with E-state index in [1.807, 2.05) is 36.4 Å². The van der Waals surface area contributed by atoms with Crippen LogP contribution in [-0.4, -0.2) is 14.5 Å². The Morgan fingerprint density at radius 3 is 2.66 bits per heavy atom. The average molecular weight is 462 g/mol. The van der Waals surface area contributed by atoms with Crippen LogP contribution >= 0.6 is 23.1 Å². The molecule has 0 radical (unpaired) electrons. The van der Waals surface area contributed by atoms with Crippen molar-refractivity contribution in [2.45, 2.75) is 30.3 Å². The van der Waals surface area contributed by atoms with Gasteiger partial charge >= 0.3 is 0 Å². The smallest absolute Gasteiger partial charge is 0.272 e. The molecular weight excluding hydrogens is 441 g/mol. The molecule has 0 saturated heterocycles. The van der Waals surface area contributed by atoms with E-state index in [0.717, 1.165) is 15.8 Å². The van der Waals surface area contributed by atoms with Gasteiger partial charge in [0.2, 0.25) is 0 Å². The molecule has 0 aliphatic carbocycles. The summed E-state index contributed by atoms with van der Waals surface area (Å²) in [4.78, 5) is 23.7. The maximum atomic E-state index is 14.2. The van der Waals surface area contributed by atoms with Crippen molar-refractivity contribution in [3.8, 4) is 0 Å². The molecule has 0 N–H and O–H groups in total. The minimum absolute atomic E-state index is 0.0724. The lowest BCUT2D eigenvalue weighted by Crippen LogP contribution is -2.25. The molecule has 0 bridgehead atoms. The Hall–Kier alpha value is -3.03. The number of thiophene rings is 1. The standard InChI is InChI=1S/C25H20FN3OS2/c1-16(17-8-3-2-4-9-17)14-29-24(30)22-21(19-11-7-13-27-23(19)32-22)28-25(29)31-15-18-10-5-6-12-20(18)26/h2-13,16H,14-15H2,1H3/t16-/m1/s1. The van der Waals surface area contributed by atoms with Gasteiger partial charge in [-0.2, -0.15) is 0 Å². The van der Waals surface area contributed by atoms with Crippen molar-refractivity contribution in [2.75, 3.05) is 0 Å². The molecule has 0 aliphatic heterocycles. The molecule has 1 atom stereocenters. The largest absolute Gasteiger partial charge is 0.286 e. The van der Waals surface area contributed by atoms with E-state index in [1.54, 1.807) is 22.9 Å². The van der Waals surface area contributed by atoms with Gasteiger partial charge in [-0.15, -0.1) is 11.3 Å². The van der Waals surface area contributed by atoms with Crippen LogP contribution < -0.4 is 5.56 Å². The zero-order valence-corrected chi connectivity index (χ0v) is 19.0. The summed E-state index contributed by atoms with van der Waals surface area (Å²) in [7, 11) is 0. The Morgan fingerprint density at radius 1 is 1.06 bits per heavy atom. The molecule has 4 nitrogen and oxygen atoms in total. The van der Waals surface area contributed by atoms with Gasteiger partial charge in [-0.3, -0.25) is 9.36 Å². The van der Waals surface area contributed by atoms with Crippen molar-refractivity contribution in [1.82, 2.24) is 14.5 Å². The average Bonchev–Trinajstić information content (AvgIpc) is 3.20. The molecule has 3 heterocycles. The van der Waals surface area contributed by atoms with Gasteiger partial charge in [0, 0.05) is 23.9 Å². The highest BCUT2D eigenvalue weighted by Crippen LogP contribution is 2.32. The van der Waals surface area contributed by atoms with Gasteiger partial charge in [0.15, 0.2) is 5.16 Å². The van der Waals surface area contributed by atoms with E-state index in [9.17, 15) is 9.18 Å². The van der Waals surface area contributed by atoms with E-state index >= 15 is 0 Å². The molecule has 0 fully saturated rings. The van der Waals surface area contributed by atoms with E-state index in [1.165, 1.54) is 29.2 Å². The molecule has 0 saturated carbocycles. The van der Waals surface area contributed by atoms with Gasteiger partial charge < -0.3 is 0 Å². The summed E-state index contributed by atoms with van der Waals surface area (Å²) in [5, 5.41) is 1.47. The van der Waals surface area contributed by atoms with Gasteiger partial charge in [-0.1, -0.05) is 67.2 Å². The zero-order chi connectivity index (χ0) is 22.1. The SMILES string of the molecule is C[C@H](Cn1c(SCc2ccccc2F)nc2c(sc3ncccc32)c1=O)c1ccccc1. The predicted molar refractivity (Wildman–Crippen MR) is 130 cm³/mol. The number of nitrogens with zero attached hydrogens (tertiary/aromatic N) is 3. The molecule has 0 amide bonds. The summed E-state index contributed by atoms with van der Waals surface area (Å²) in [6, 6.07) is 20.6. The second-order valence-electron chi connectivity index (χ2n) is 7.64. The molecule has 5 rings (SSSR count).